The van der Waals surface area contributed by atoms with Crippen molar-refractivity contribution in [1.29, 1.82) is 0 Å². The number of hydrogen-bond donors (Lipinski definition) is 1. The molecule has 1 aliphatic carbocycles. The molecule has 7 nitrogen and oxygen atoms in total. The molecule has 0 unspecified atom stereocenters. The Balaban J connectivity index is 1.64. The van der Waals surface area contributed by atoms with Crippen LogP contribution in [0.4, 0.5) is 0 Å². The Morgan fingerprint density at radius 2 is 2.04 bits per heavy atom. The van der Waals surface area contributed by atoms with E-state index in [0.29, 0.717) is 22.4 Å². The first kappa shape index (κ1) is 16.1. The van der Waals surface area contributed by atoms with Gasteiger partial charge in [0.05, 0.1) is 16.7 Å². The molecule has 25 heavy (non-hydrogen) atoms. The number of nitrogens with one attached hydrogen (secondary N) is 1. The van der Waals surface area contributed by atoms with Crippen LogP contribution in [0.25, 0.3) is 16.7 Å². The fourth-order valence-electron chi connectivity index (χ4n) is 3.37. The molecule has 0 atom stereocenters. The number of fused-ring (bicyclic) bond motifs is 3. The Hall–Kier alpha value is -2.35. The molecule has 1 aromatic carbocycles. The quantitative estimate of drug-likeness (QED) is 0.719. The maximum absolute atomic E-state index is 12.4. The van der Waals surface area contributed by atoms with Gasteiger partial charge in [-0.15, -0.1) is 10.2 Å². The third-order valence-electron chi connectivity index (χ3n) is 4.65. The number of amides is 1. The zero-order valence-corrected chi connectivity index (χ0v) is 14.8. The second-order valence-corrected chi connectivity index (χ2v) is 7.28. The molecule has 1 N–H and O–H groups in total. The van der Waals surface area contributed by atoms with E-state index in [4.69, 9.17) is 0 Å². The molecule has 1 aliphatic rings. The van der Waals surface area contributed by atoms with Gasteiger partial charge in [-0.3, -0.25) is 18.6 Å². The van der Waals surface area contributed by atoms with E-state index in [1.165, 1.54) is 29.2 Å². The summed E-state index contributed by atoms with van der Waals surface area (Å²) in [6.45, 7) is 0. The van der Waals surface area contributed by atoms with Crippen LogP contribution in [0.1, 0.15) is 25.7 Å². The van der Waals surface area contributed by atoms with Gasteiger partial charge in [-0.05, 0) is 25.0 Å². The smallest absolute Gasteiger partial charge is 0.262 e. The first-order chi connectivity index (χ1) is 12.1. The molecule has 1 amide bonds. The van der Waals surface area contributed by atoms with E-state index >= 15 is 0 Å². The summed E-state index contributed by atoms with van der Waals surface area (Å²) in [5.41, 5.74) is 0.648. The van der Waals surface area contributed by atoms with Crippen LogP contribution in [0.3, 0.4) is 0 Å². The van der Waals surface area contributed by atoms with Crippen molar-refractivity contribution in [3.8, 4) is 0 Å². The summed E-state index contributed by atoms with van der Waals surface area (Å²) < 4.78 is 3.32. The number of hydrogen-bond acceptors (Lipinski definition) is 5. The van der Waals surface area contributed by atoms with Crippen molar-refractivity contribution < 1.29 is 4.79 Å². The van der Waals surface area contributed by atoms with Crippen molar-refractivity contribution in [1.82, 2.24) is 24.5 Å². The van der Waals surface area contributed by atoms with Crippen molar-refractivity contribution in [3.05, 3.63) is 34.6 Å². The Labute approximate surface area is 148 Å². The first-order valence-electron chi connectivity index (χ1n) is 8.40. The zero-order chi connectivity index (χ0) is 17.4. The SMILES string of the molecule is Cn1c(=O)c2ccccc2n2c(SCC(=O)NC3CCCC3)nnc12. The number of aromatic nitrogens is 4. The average molecular weight is 357 g/mol. The molecule has 2 heterocycles. The number of thioether (sulfide) groups is 1. The van der Waals surface area contributed by atoms with E-state index < -0.39 is 0 Å². The van der Waals surface area contributed by atoms with Gasteiger partial charge >= 0.3 is 0 Å². The van der Waals surface area contributed by atoms with Gasteiger partial charge in [0, 0.05) is 13.1 Å². The molecule has 0 aliphatic heterocycles. The third kappa shape index (κ3) is 2.90. The summed E-state index contributed by atoms with van der Waals surface area (Å²) in [5.74, 6) is 0.777. The van der Waals surface area contributed by atoms with Crippen LogP contribution in [0.5, 0.6) is 0 Å². The van der Waals surface area contributed by atoms with Gasteiger partial charge in [-0.1, -0.05) is 36.7 Å². The largest absolute Gasteiger partial charge is 0.353 e. The van der Waals surface area contributed by atoms with E-state index in [2.05, 4.69) is 15.5 Å². The van der Waals surface area contributed by atoms with Crippen molar-refractivity contribution in [2.45, 2.75) is 36.9 Å². The number of carbonyl (C=O) groups is 1. The van der Waals surface area contributed by atoms with Crippen molar-refractivity contribution >= 4 is 34.3 Å². The van der Waals surface area contributed by atoms with E-state index in [9.17, 15) is 9.59 Å². The lowest BCUT2D eigenvalue weighted by Crippen LogP contribution is -2.33. The Kier molecular flexibility index (Phi) is 4.20. The topological polar surface area (TPSA) is 81.3 Å². The van der Waals surface area contributed by atoms with Gasteiger partial charge < -0.3 is 5.32 Å². The summed E-state index contributed by atoms with van der Waals surface area (Å²) in [6.07, 6.45) is 4.51. The molecule has 0 saturated heterocycles. The van der Waals surface area contributed by atoms with Crippen LogP contribution >= 0.6 is 11.8 Å². The van der Waals surface area contributed by atoms with Gasteiger partial charge in [0.1, 0.15) is 0 Å². The molecule has 130 valence electrons. The number of nitrogens with zero attached hydrogens (tertiary/aromatic N) is 4. The van der Waals surface area contributed by atoms with Gasteiger partial charge in [0.15, 0.2) is 5.16 Å². The normalized spacial score (nSPS) is 15.2. The van der Waals surface area contributed by atoms with Gasteiger partial charge in [0.2, 0.25) is 11.7 Å². The maximum atomic E-state index is 12.4. The standard InChI is InChI=1S/C17H19N5O2S/c1-21-15(24)12-8-4-5-9-13(12)22-16(21)19-20-17(22)25-10-14(23)18-11-6-2-3-7-11/h4-5,8-9,11H,2-3,6-7,10H2,1H3,(H,18,23). The molecular formula is C17H19N5O2S. The molecule has 0 bridgehead atoms. The molecule has 1 fully saturated rings. The predicted molar refractivity (Wildman–Crippen MR) is 96.9 cm³/mol. The van der Waals surface area contributed by atoms with Crippen LogP contribution in [0.2, 0.25) is 0 Å². The highest BCUT2D eigenvalue weighted by molar-refractivity contribution is 7.99. The van der Waals surface area contributed by atoms with Crippen LogP contribution in [0, 0.1) is 0 Å². The second kappa shape index (κ2) is 6.51. The Morgan fingerprint density at radius 3 is 2.84 bits per heavy atom. The van der Waals surface area contributed by atoms with Crippen molar-refractivity contribution in [2.75, 3.05) is 5.75 Å². The molecule has 0 radical (unpaired) electrons. The highest BCUT2D eigenvalue weighted by atomic mass is 32.2. The average Bonchev–Trinajstić information content (AvgIpc) is 3.27. The molecular weight excluding hydrogens is 338 g/mol. The maximum Gasteiger partial charge on any atom is 0.262 e. The minimum absolute atomic E-state index is 0.0165. The summed E-state index contributed by atoms with van der Waals surface area (Å²) in [4.78, 5) is 24.6. The molecule has 1 saturated carbocycles. The predicted octanol–water partition coefficient (Wildman–Crippen LogP) is 1.73. The van der Waals surface area contributed by atoms with Gasteiger partial charge in [0.25, 0.3) is 5.56 Å². The fraction of sp³-hybridized carbons (Fsp3) is 0.412. The van der Waals surface area contributed by atoms with Crippen LogP contribution < -0.4 is 10.9 Å². The Bertz CT molecular complexity index is 1000. The molecule has 2 aromatic heterocycles. The number of carbonyl (C=O) groups excluding carboxylic acids is 1. The van der Waals surface area contributed by atoms with E-state index in [-0.39, 0.29) is 17.2 Å². The number of rotatable bonds is 4. The van der Waals surface area contributed by atoms with Crippen LogP contribution in [-0.2, 0) is 11.8 Å². The zero-order valence-electron chi connectivity index (χ0n) is 13.9. The van der Waals surface area contributed by atoms with Crippen molar-refractivity contribution in [3.63, 3.8) is 0 Å². The lowest BCUT2D eigenvalue weighted by atomic mass is 10.2. The van der Waals surface area contributed by atoms with Gasteiger partial charge in [-0.2, -0.15) is 0 Å². The monoisotopic (exact) mass is 357 g/mol. The van der Waals surface area contributed by atoms with Gasteiger partial charge in [-0.25, -0.2) is 0 Å². The van der Waals surface area contributed by atoms with E-state index in [1.807, 2.05) is 22.6 Å². The lowest BCUT2D eigenvalue weighted by Gasteiger charge is -2.11. The third-order valence-corrected chi connectivity index (χ3v) is 5.58. The summed E-state index contributed by atoms with van der Waals surface area (Å²) >= 11 is 1.34. The number of aryl methyl sites for hydroxylation is 1. The summed E-state index contributed by atoms with van der Waals surface area (Å²) in [7, 11) is 1.68. The minimum Gasteiger partial charge on any atom is -0.353 e. The van der Waals surface area contributed by atoms with E-state index in [1.54, 1.807) is 13.1 Å². The van der Waals surface area contributed by atoms with Crippen molar-refractivity contribution in [2.24, 2.45) is 7.05 Å². The number of para-hydroxylation sites is 1. The van der Waals surface area contributed by atoms with E-state index in [0.717, 1.165) is 18.4 Å². The summed E-state index contributed by atoms with van der Waals surface area (Å²) in [6, 6.07) is 7.68. The highest BCUT2D eigenvalue weighted by Gasteiger charge is 2.19. The first-order valence-corrected chi connectivity index (χ1v) is 9.39. The fourth-order valence-corrected chi connectivity index (χ4v) is 4.13. The minimum atomic E-state index is -0.106. The van der Waals surface area contributed by atoms with Crippen LogP contribution in [0.15, 0.2) is 34.2 Å². The molecule has 0 spiro atoms. The lowest BCUT2D eigenvalue weighted by molar-refractivity contribution is -0.119. The summed E-state index contributed by atoms with van der Waals surface area (Å²) in [5, 5.41) is 12.6. The molecule has 8 heteroatoms. The molecule has 3 aromatic rings. The Morgan fingerprint density at radius 1 is 1.28 bits per heavy atom. The second-order valence-electron chi connectivity index (χ2n) is 6.34. The molecule has 4 rings (SSSR count). The number of benzene rings is 1. The van der Waals surface area contributed by atoms with Crippen LogP contribution in [-0.4, -0.2) is 36.9 Å². The highest BCUT2D eigenvalue weighted by Crippen LogP contribution is 2.22.